The van der Waals surface area contributed by atoms with Crippen molar-refractivity contribution in [2.75, 3.05) is 26.7 Å². The Bertz CT molecular complexity index is 196. The minimum Gasteiger partial charge on any atom is -0.305 e. The Kier molecular flexibility index (Phi) is 5.66. The summed E-state index contributed by atoms with van der Waals surface area (Å²) < 4.78 is 0. The van der Waals surface area contributed by atoms with E-state index in [9.17, 15) is 0 Å². The van der Waals surface area contributed by atoms with Gasteiger partial charge < -0.3 is 10.2 Å². The zero-order chi connectivity index (χ0) is 10.2. The summed E-state index contributed by atoms with van der Waals surface area (Å²) in [6.07, 6.45) is 5.63. The average Bonchev–Trinajstić information content (AvgIpc) is 2.70. The van der Waals surface area contributed by atoms with Gasteiger partial charge in [-0.15, -0.1) is 5.92 Å². The van der Waals surface area contributed by atoms with Crippen LogP contribution in [0.3, 0.4) is 0 Å². The Morgan fingerprint density at radius 2 is 2.07 bits per heavy atom. The summed E-state index contributed by atoms with van der Waals surface area (Å²) in [6, 6.07) is 0.842. The normalized spacial score (nSPS) is 17.1. The third kappa shape index (κ3) is 4.13. The van der Waals surface area contributed by atoms with Crippen LogP contribution >= 0.6 is 0 Å². The van der Waals surface area contributed by atoms with Crippen molar-refractivity contribution in [1.82, 2.24) is 10.2 Å². The zero-order valence-corrected chi connectivity index (χ0v) is 9.47. The molecular weight excluding hydrogens is 172 g/mol. The number of hydrogen-bond donors (Lipinski definition) is 1. The predicted molar refractivity (Wildman–Crippen MR) is 61.2 cm³/mol. The molecule has 14 heavy (non-hydrogen) atoms. The summed E-state index contributed by atoms with van der Waals surface area (Å²) in [5.41, 5.74) is 0. The lowest BCUT2D eigenvalue weighted by atomic mass is 10.2. The lowest BCUT2D eigenvalue weighted by molar-refractivity contribution is 0.247. The molecule has 0 aliphatic heterocycles. The van der Waals surface area contributed by atoms with Crippen molar-refractivity contribution < 1.29 is 0 Å². The van der Waals surface area contributed by atoms with Crippen LogP contribution in [0.5, 0.6) is 0 Å². The van der Waals surface area contributed by atoms with E-state index in [2.05, 4.69) is 29.1 Å². The highest BCUT2D eigenvalue weighted by molar-refractivity contribution is 4.96. The Labute approximate surface area is 88.1 Å². The standard InChI is InChI=1S/C12H22N2/c1-3-4-9-13-10-11-14(2)12-7-5-6-8-12/h12-13H,5-11H2,1-2H3. The SMILES string of the molecule is CC#CCNCCN(C)C1CCCC1. The van der Waals surface area contributed by atoms with Gasteiger partial charge in [-0.2, -0.15) is 0 Å². The van der Waals surface area contributed by atoms with E-state index in [0.717, 1.165) is 25.7 Å². The van der Waals surface area contributed by atoms with E-state index in [0.29, 0.717) is 0 Å². The molecule has 1 aliphatic carbocycles. The number of likely N-dealkylation sites (N-methyl/N-ethyl adjacent to an activating group) is 1. The second-order valence-electron chi connectivity index (χ2n) is 4.02. The third-order valence-corrected chi connectivity index (χ3v) is 2.98. The predicted octanol–water partition coefficient (Wildman–Crippen LogP) is 1.47. The van der Waals surface area contributed by atoms with Gasteiger partial charge >= 0.3 is 0 Å². The molecule has 1 N–H and O–H groups in total. The van der Waals surface area contributed by atoms with Gasteiger partial charge in [0.05, 0.1) is 6.54 Å². The molecule has 0 amide bonds. The van der Waals surface area contributed by atoms with Crippen LogP contribution in [0.4, 0.5) is 0 Å². The molecule has 0 bridgehead atoms. The van der Waals surface area contributed by atoms with E-state index in [1.165, 1.54) is 25.7 Å². The topological polar surface area (TPSA) is 15.3 Å². The summed E-state index contributed by atoms with van der Waals surface area (Å²) in [7, 11) is 2.24. The minimum absolute atomic E-state index is 0.828. The highest BCUT2D eigenvalue weighted by atomic mass is 15.1. The van der Waals surface area contributed by atoms with Gasteiger partial charge in [0.1, 0.15) is 0 Å². The van der Waals surface area contributed by atoms with E-state index in [1.54, 1.807) is 0 Å². The van der Waals surface area contributed by atoms with Crippen LogP contribution in [0, 0.1) is 11.8 Å². The van der Waals surface area contributed by atoms with Crippen LogP contribution in [0.25, 0.3) is 0 Å². The first-order valence-corrected chi connectivity index (χ1v) is 5.65. The molecule has 2 heteroatoms. The first-order chi connectivity index (χ1) is 6.84. The molecule has 0 spiro atoms. The molecule has 80 valence electrons. The van der Waals surface area contributed by atoms with Gasteiger partial charge in [0.25, 0.3) is 0 Å². The first-order valence-electron chi connectivity index (χ1n) is 5.65. The Balaban J connectivity index is 2.01. The molecule has 1 rings (SSSR count). The van der Waals surface area contributed by atoms with Crippen LogP contribution in [-0.4, -0.2) is 37.6 Å². The van der Waals surface area contributed by atoms with Gasteiger partial charge in [-0.05, 0) is 26.8 Å². The fourth-order valence-electron chi connectivity index (χ4n) is 2.02. The van der Waals surface area contributed by atoms with Crippen LogP contribution in [0.1, 0.15) is 32.6 Å². The third-order valence-electron chi connectivity index (χ3n) is 2.98. The Morgan fingerprint density at radius 1 is 1.36 bits per heavy atom. The molecule has 1 fully saturated rings. The van der Waals surface area contributed by atoms with E-state index in [1.807, 2.05) is 6.92 Å². The average molecular weight is 194 g/mol. The molecule has 1 saturated carbocycles. The summed E-state index contributed by atoms with van der Waals surface area (Å²) in [5.74, 6) is 5.90. The monoisotopic (exact) mass is 194 g/mol. The van der Waals surface area contributed by atoms with Crippen molar-refractivity contribution in [3.05, 3.63) is 0 Å². The van der Waals surface area contributed by atoms with E-state index < -0.39 is 0 Å². The number of nitrogens with zero attached hydrogens (tertiary/aromatic N) is 1. The minimum atomic E-state index is 0.828. The maximum Gasteiger partial charge on any atom is 0.0576 e. The van der Waals surface area contributed by atoms with E-state index in [-0.39, 0.29) is 0 Å². The fraction of sp³-hybridized carbons (Fsp3) is 0.833. The van der Waals surface area contributed by atoms with Gasteiger partial charge in [0, 0.05) is 19.1 Å². The van der Waals surface area contributed by atoms with Crippen LogP contribution in [0.2, 0.25) is 0 Å². The van der Waals surface area contributed by atoms with E-state index >= 15 is 0 Å². The fourth-order valence-corrected chi connectivity index (χ4v) is 2.02. The summed E-state index contributed by atoms with van der Waals surface area (Å²) in [5, 5.41) is 3.33. The molecule has 0 aromatic heterocycles. The van der Waals surface area contributed by atoms with Gasteiger partial charge in [0.2, 0.25) is 0 Å². The molecule has 2 nitrogen and oxygen atoms in total. The smallest absolute Gasteiger partial charge is 0.0576 e. The number of nitrogens with one attached hydrogen (secondary N) is 1. The van der Waals surface area contributed by atoms with Crippen molar-refractivity contribution in [2.24, 2.45) is 0 Å². The molecule has 0 saturated heterocycles. The molecular formula is C12H22N2. The summed E-state index contributed by atoms with van der Waals surface area (Å²) >= 11 is 0. The highest BCUT2D eigenvalue weighted by Crippen LogP contribution is 2.21. The van der Waals surface area contributed by atoms with Crippen molar-refractivity contribution in [2.45, 2.75) is 38.6 Å². The quantitative estimate of drug-likeness (QED) is 0.527. The molecule has 0 aromatic rings. The van der Waals surface area contributed by atoms with Crippen LogP contribution in [0.15, 0.2) is 0 Å². The van der Waals surface area contributed by atoms with E-state index in [4.69, 9.17) is 0 Å². The second-order valence-corrected chi connectivity index (χ2v) is 4.02. The van der Waals surface area contributed by atoms with Gasteiger partial charge in [-0.1, -0.05) is 18.8 Å². The summed E-state index contributed by atoms with van der Waals surface area (Å²) in [6.45, 7) is 4.92. The lowest BCUT2D eigenvalue weighted by Crippen LogP contribution is -2.35. The molecule has 0 aromatic carbocycles. The van der Waals surface area contributed by atoms with Gasteiger partial charge in [0.15, 0.2) is 0 Å². The van der Waals surface area contributed by atoms with Crippen molar-refractivity contribution in [3.8, 4) is 11.8 Å². The number of hydrogen-bond acceptors (Lipinski definition) is 2. The molecule has 0 heterocycles. The number of rotatable bonds is 5. The molecule has 0 radical (unpaired) electrons. The lowest BCUT2D eigenvalue weighted by Gasteiger charge is -2.23. The summed E-state index contributed by atoms with van der Waals surface area (Å²) in [4.78, 5) is 2.49. The first kappa shape index (κ1) is 11.6. The molecule has 1 aliphatic rings. The van der Waals surface area contributed by atoms with Gasteiger partial charge in [-0.25, -0.2) is 0 Å². The van der Waals surface area contributed by atoms with Gasteiger partial charge in [-0.3, -0.25) is 0 Å². The second kappa shape index (κ2) is 6.86. The Morgan fingerprint density at radius 3 is 2.71 bits per heavy atom. The maximum atomic E-state index is 3.33. The van der Waals surface area contributed by atoms with Crippen molar-refractivity contribution in [3.63, 3.8) is 0 Å². The highest BCUT2D eigenvalue weighted by Gasteiger charge is 2.18. The zero-order valence-electron chi connectivity index (χ0n) is 9.47. The van der Waals surface area contributed by atoms with Crippen molar-refractivity contribution >= 4 is 0 Å². The van der Waals surface area contributed by atoms with Crippen LogP contribution < -0.4 is 5.32 Å². The maximum absolute atomic E-state index is 3.33. The van der Waals surface area contributed by atoms with Crippen LogP contribution in [-0.2, 0) is 0 Å². The Hall–Kier alpha value is -0.520. The largest absolute Gasteiger partial charge is 0.305 e. The molecule has 0 unspecified atom stereocenters. The van der Waals surface area contributed by atoms with Crippen molar-refractivity contribution in [1.29, 1.82) is 0 Å². The molecule has 0 atom stereocenters.